The minimum Gasteiger partial charge on any atom is -0.392 e. The van der Waals surface area contributed by atoms with Crippen LogP contribution in [0.1, 0.15) is 23.1 Å². The Bertz CT molecular complexity index is 306. The van der Waals surface area contributed by atoms with Crippen LogP contribution in [-0.2, 0) is 12.8 Å². The maximum Gasteiger partial charge on any atom is 0.391 e. The average molecular weight is 238 g/mol. The van der Waals surface area contributed by atoms with Gasteiger partial charge in [-0.1, -0.05) is 6.92 Å². The molecule has 1 unspecified atom stereocenters. The third-order valence-electron chi connectivity index (χ3n) is 1.97. The number of halogens is 3. The fourth-order valence-electron chi connectivity index (χ4n) is 1.29. The van der Waals surface area contributed by atoms with Crippen molar-refractivity contribution in [2.45, 2.75) is 38.5 Å². The van der Waals surface area contributed by atoms with E-state index in [9.17, 15) is 18.3 Å². The lowest BCUT2D eigenvalue weighted by atomic mass is 10.1. The molecule has 0 aliphatic carbocycles. The highest BCUT2D eigenvalue weighted by molar-refractivity contribution is 7.11. The number of rotatable bonds is 4. The summed E-state index contributed by atoms with van der Waals surface area (Å²) in [5.74, 6) is 0. The summed E-state index contributed by atoms with van der Waals surface area (Å²) in [5.41, 5.74) is 0. The fraction of sp³-hybridized carbons (Fsp3) is 0.600. The maximum atomic E-state index is 11.9. The Hall–Kier alpha value is -0.550. The molecule has 0 aliphatic rings. The second-order valence-corrected chi connectivity index (χ2v) is 4.65. The molecule has 1 N–H and O–H groups in total. The second-order valence-electron chi connectivity index (χ2n) is 3.40. The van der Waals surface area contributed by atoms with Gasteiger partial charge in [-0.25, -0.2) is 0 Å². The molecule has 15 heavy (non-hydrogen) atoms. The molecule has 0 aliphatic heterocycles. The van der Waals surface area contributed by atoms with Crippen molar-refractivity contribution in [3.05, 3.63) is 21.9 Å². The van der Waals surface area contributed by atoms with E-state index in [1.807, 2.05) is 13.0 Å². The summed E-state index contributed by atoms with van der Waals surface area (Å²) in [6.07, 6.45) is -5.78. The molecule has 1 aromatic rings. The fourth-order valence-corrected chi connectivity index (χ4v) is 2.32. The predicted molar refractivity (Wildman–Crippen MR) is 54.1 cm³/mol. The molecule has 1 heterocycles. The Labute approximate surface area is 90.6 Å². The zero-order valence-corrected chi connectivity index (χ0v) is 9.16. The Balaban J connectivity index is 2.47. The van der Waals surface area contributed by atoms with Crippen LogP contribution >= 0.6 is 11.3 Å². The number of alkyl halides is 3. The summed E-state index contributed by atoms with van der Waals surface area (Å²) >= 11 is 1.46. The van der Waals surface area contributed by atoms with Crippen LogP contribution < -0.4 is 0 Å². The van der Waals surface area contributed by atoms with Gasteiger partial charge in [0, 0.05) is 16.2 Å². The number of aliphatic hydroxyl groups excluding tert-OH is 1. The van der Waals surface area contributed by atoms with Gasteiger partial charge in [0.05, 0.1) is 12.5 Å². The molecule has 86 valence electrons. The van der Waals surface area contributed by atoms with Crippen LogP contribution in [0.4, 0.5) is 13.2 Å². The molecule has 0 saturated carbocycles. The summed E-state index contributed by atoms with van der Waals surface area (Å²) in [6.45, 7) is 1.99. The molecule has 1 nitrogen and oxygen atoms in total. The third kappa shape index (κ3) is 4.66. The summed E-state index contributed by atoms with van der Waals surface area (Å²) in [5, 5.41) is 9.21. The van der Waals surface area contributed by atoms with Crippen LogP contribution in [0.2, 0.25) is 0 Å². The van der Waals surface area contributed by atoms with Crippen LogP contribution in [-0.4, -0.2) is 17.4 Å². The van der Waals surface area contributed by atoms with Gasteiger partial charge in [-0.2, -0.15) is 13.2 Å². The Morgan fingerprint density at radius 2 is 1.93 bits per heavy atom. The van der Waals surface area contributed by atoms with Crippen molar-refractivity contribution in [1.29, 1.82) is 0 Å². The molecular weight excluding hydrogens is 225 g/mol. The van der Waals surface area contributed by atoms with Gasteiger partial charge in [0.2, 0.25) is 0 Å². The molecule has 1 aromatic heterocycles. The summed E-state index contributed by atoms with van der Waals surface area (Å²) in [4.78, 5) is 1.94. The largest absolute Gasteiger partial charge is 0.392 e. The molecule has 0 saturated heterocycles. The number of aliphatic hydroxyl groups is 1. The first-order valence-corrected chi connectivity index (χ1v) is 5.54. The van der Waals surface area contributed by atoms with Crippen LogP contribution in [0, 0.1) is 0 Å². The summed E-state index contributed by atoms with van der Waals surface area (Å²) < 4.78 is 35.8. The van der Waals surface area contributed by atoms with Crippen LogP contribution in [0.3, 0.4) is 0 Å². The lowest BCUT2D eigenvalue weighted by molar-refractivity contribution is -0.153. The molecule has 0 fully saturated rings. The summed E-state index contributed by atoms with van der Waals surface area (Å²) in [7, 11) is 0. The van der Waals surface area contributed by atoms with E-state index in [4.69, 9.17) is 0 Å². The number of thiophene rings is 1. The molecule has 5 heteroatoms. The van der Waals surface area contributed by atoms with E-state index in [2.05, 4.69) is 0 Å². The Kier molecular flexibility index (Phi) is 4.16. The van der Waals surface area contributed by atoms with Crippen molar-refractivity contribution >= 4 is 11.3 Å². The molecule has 0 amide bonds. The smallest absolute Gasteiger partial charge is 0.391 e. The van der Waals surface area contributed by atoms with Crippen molar-refractivity contribution in [3.63, 3.8) is 0 Å². The highest BCUT2D eigenvalue weighted by Gasteiger charge is 2.31. The van der Waals surface area contributed by atoms with Gasteiger partial charge in [-0.3, -0.25) is 0 Å². The van der Waals surface area contributed by atoms with Gasteiger partial charge >= 0.3 is 6.18 Å². The zero-order chi connectivity index (χ0) is 11.5. The summed E-state index contributed by atoms with van der Waals surface area (Å²) in [6, 6.07) is 3.67. The normalized spacial score (nSPS) is 14.2. The number of hydrogen-bond donors (Lipinski definition) is 1. The minimum absolute atomic E-state index is 0.0875. The lowest BCUT2D eigenvalue weighted by Gasteiger charge is -2.11. The second kappa shape index (κ2) is 4.99. The van der Waals surface area contributed by atoms with Crippen LogP contribution in [0.25, 0.3) is 0 Å². The van der Waals surface area contributed by atoms with Crippen LogP contribution in [0.15, 0.2) is 12.1 Å². The van der Waals surface area contributed by atoms with E-state index in [0.717, 1.165) is 16.2 Å². The van der Waals surface area contributed by atoms with Gasteiger partial charge < -0.3 is 5.11 Å². The lowest BCUT2D eigenvalue weighted by Crippen LogP contribution is -2.20. The quantitative estimate of drug-likeness (QED) is 0.854. The monoisotopic (exact) mass is 238 g/mol. The molecule has 0 spiro atoms. The van der Waals surface area contributed by atoms with E-state index < -0.39 is 18.7 Å². The van der Waals surface area contributed by atoms with E-state index in [-0.39, 0.29) is 6.42 Å². The molecule has 1 rings (SSSR count). The van der Waals surface area contributed by atoms with Gasteiger partial charge in [-0.15, -0.1) is 11.3 Å². The molecule has 0 aromatic carbocycles. The van der Waals surface area contributed by atoms with Crippen molar-refractivity contribution in [2.75, 3.05) is 0 Å². The first kappa shape index (κ1) is 12.5. The van der Waals surface area contributed by atoms with E-state index in [0.29, 0.717) is 0 Å². The predicted octanol–water partition coefficient (Wildman–Crippen LogP) is 3.17. The van der Waals surface area contributed by atoms with E-state index in [1.54, 1.807) is 6.07 Å². The zero-order valence-electron chi connectivity index (χ0n) is 8.34. The van der Waals surface area contributed by atoms with Gasteiger partial charge in [-0.05, 0) is 18.6 Å². The maximum absolute atomic E-state index is 11.9. The minimum atomic E-state index is -4.29. The first-order valence-electron chi connectivity index (χ1n) is 4.73. The molecular formula is C10H13F3OS. The average Bonchev–Trinajstić information content (AvgIpc) is 2.48. The number of aryl methyl sites for hydroxylation is 1. The first-order chi connectivity index (χ1) is 6.90. The van der Waals surface area contributed by atoms with Gasteiger partial charge in [0.15, 0.2) is 0 Å². The van der Waals surface area contributed by atoms with E-state index in [1.165, 1.54) is 11.3 Å². The SMILES string of the molecule is CCc1ccc(CC(O)CC(F)(F)F)s1. The Morgan fingerprint density at radius 3 is 2.40 bits per heavy atom. The van der Waals surface area contributed by atoms with Crippen molar-refractivity contribution in [3.8, 4) is 0 Å². The van der Waals surface area contributed by atoms with Crippen molar-refractivity contribution in [2.24, 2.45) is 0 Å². The molecule has 0 radical (unpaired) electrons. The van der Waals surface area contributed by atoms with E-state index >= 15 is 0 Å². The standard InChI is InChI=1S/C10H13F3OS/c1-2-8-3-4-9(15-8)5-7(14)6-10(11,12)13/h3-4,7,14H,2,5-6H2,1H3. The van der Waals surface area contributed by atoms with Crippen LogP contribution in [0.5, 0.6) is 0 Å². The molecule has 1 atom stereocenters. The van der Waals surface area contributed by atoms with Gasteiger partial charge in [0.25, 0.3) is 0 Å². The van der Waals surface area contributed by atoms with Crippen molar-refractivity contribution in [1.82, 2.24) is 0 Å². The highest BCUT2D eigenvalue weighted by atomic mass is 32.1. The third-order valence-corrected chi connectivity index (χ3v) is 3.22. The highest BCUT2D eigenvalue weighted by Crippen LogP contribution is 2.25. The van der Waals surface area contributed by atoms with Crippen molar-refractivity contribution < 1.29 is 18.3 Å². The number of hydrogen-bond acceptors (Lipinski definition) is 2. The molecule has 0 bridgehead atoms. The topological polar surface area (TPSA) is 20.2 Å². The van der Waals surface area contributed by atoms with Gasteiger partial charge in [0.1, 0.15) is 0 Å². The Morgan fingerprint density at radius 1 is 1.33 bits per heavy atom.